The summed E-state index contributed by atoms with van der Waals surface area (Å²) in [4.78, 5) is 23.7. The largest absolute Gasteiger partial charge is 0.381 e. The zero-order valence-electron chi connectivity index (χ0n) is 18.7. The number of rotatable bonds is 7. The van der Waals surface area contributed by atoms with Crippen LogP contribution in [0.5, 0.6) is 0 Å². The molecule has 12 nitrogen and oxygen atoms in total. The van der Waals surface area contributed by atoms with E-state index in [1.54, 1.807) is 23.8 Å². The number of benzene rings is 1. The van der Waals surface area contributed by atoms with Crippen LogP contribution in [0.4, 0.5) is 11.6 Å². The molecule has 1 amide bonds. The number of primary amides is 1. The molecule has 0 atom stereocenters. The Hall–Kier alpha value is -4.19. The minimum atomic E-state index is -0.595. The quantitative estimate of drug-likeness (QED) is 0.285. The van der Waals surface area contributed by atoms with Crippen LogP contribution in [0.15, 0.2) is 41.7 Å². The minimum Gasteiger partial charge on any atom is -0.381 e. The topological polar surface area (TPSA) is 175 Å². The highest BCUT2D eigenvalue weighted by Crippen LogP contribution is 2.21. The summed E-state index contributed by atoms with van der Waals surface area (Å²) in [7, 11) is 1.67. The third kappa shape index (κ3) is 5.07. The average Bonchev–Trinajstić information content (AvgIpc) is 3.41. The Morgan fingerprint density at radius 2 is 2.15 bits per heavy atom. The number of aromatic amines is 1. The number of nitrogens with one attached hydrogen (secondary N) is 2. The minimum absolute atomic E-state index is 0.130. The summed E-state index contributed by atoms with van der Waals surface area (Å²) in [5.74, 6) is 0.511. The van der Waals surface area contributed by atoms with Crippen molar-refractivity contribution in [3.05, 3.63) is 69.4 Å². The third-order valence-electron chi connectivity index (χ3n) is 4.96. The summed E-state index contributed by atoms with van der Waals surface area (Å²) < 4.78 is 3.11. The van der Waals surface area contributed by atoms with Crippen LogP contribution in [0.1, 0.15) is 28.8 Å². The highest BCUT2D eigenvalue weighted by atomic mass is 35.5. The molecule has 0 aliphatic heterocycles. The van der Waals surface area contributed by atoms with Crippen molar-refractivity contribution in [3.8, 4) is 0 Å². The number of aryl methyl sites for hydroxylation is 2. The van der Waals surface area contributed by atoms with Gasteiger partial charge in [0.25, 0.3) is 11.5 Å². The molecule has 4 rings (SSSR count). The first kappa shape index (κ1) is 24.5. The Balaban J connectivity index is 0.000000204. The zero-order chi connectivity index (χ0) is 24.8. The summed E-state index contributed by atoms with van der Waals surface area (Å²) in [6.07, 6.45) is 2.39. The van der Waals surface area contributed by atoms with Crippen molar-refractivity contribution in [2.45, 2.75) is 19.9 Å². The lowest BCUT2D eigenvalue weighted by atomic mass is 10.1. The molecule has 1 aromatic carbocycles. The van der Waals surface area contributed by atoms with E-state index in [9.17, 15) is 9.59 Å². The molecule has 0 saturated heterocycles. The first-order valence-corrected chi connectivity index (χ1v) is 10.7. The van der Waals surface area contributed by atoms with E-state index in [0.717, 1.165) is 17.5 Å². The summed E-state index contributed by atoms with van der Waals surface area (Å²) in [6, 6.07) is 7.42. The van der Waals surface area contributed by atoms with Crippen LogP contribution < -0.4 is 22.3 Å². The maximum absolute atomic E-state index is 12.6. The normalized spacial score (nSPS) is 10.6. The molecule has 34 heavy (non-hydrogen) atoms. The molecule has 3 heterocycles. The second-order valence-electron chi connectivity index (χ2n) is 7.18. The summed E-state index contributed by atoms with van der Waals surface area (Å²) in [5.41, 5.74) is 11.7. The Morgan fingerprint density at radius 1 is 1.38 bits per heavy atom. The van der Waals surface area contributed by atoms with Crippen LogP contribution in [-0.4, -0.2) is 47.4 Å². The number of tetrazole rings is 1. The molecule has 13 heteroatoms. The molecule has 0 radical (unpaired) electrons. The van der Waals surface area contributed by atoms with Crippen LogP contribution in [0, 0.1) is 0 Å². The predicted molar refractivity (Wildman–Crippen MR) is 131 cm³/mol. The van der Waals surface area contributed by atoms with Gasteiger partial charge in [0.15, 0.2) is 11.6 Å². The first-order valence-electron chi connectivity index (χ1n) is 10.3. The predicted octanol–water partition coefficient (Wildman–Crippen LogP) is 1.48. The molecule has 0 aliphatic carbocycles. The van der Waals surface area contributed by atoms with E-state index in [-0.39, 0.29) is 23.5 Å². The number of H-pyrrole nitrogens is 1. The van der Waals surface area contributed by atoms with Gasteiger partial charge in [0.05, 0.1) is 17.0 Å². The fourth-order valence-corrected chi connectivity index (χ4v) is 3.69. The summed E-state index contributed by atoms with van der Waals surface area (Å²) in [5, 5.41) is 22.3. The lowest BCUT2D eigenvalue weighted by molar-refractivity contribution is 0.100. The standard InChI is InChI=1S/C13H12ClN5O.C8H13N5O/c1-2-9-6-8-4-3-5-10(14)12(8)13(20)19(9)7-11-15-17-18-16-11;1-3-4-11-8-5(7(10)14)6(9)12-13(8)2/h3-6H,2,7H2,1H3,(H,15,16,17,18);3,11H,1,4H2,2H3,(H2,9,12)(H2,10,14). The van der Waals surface area contributed by atoms with Crippen LogP contribution in [0.25, 0.3) is 10.8 Å². The number of fused-ring (bicyclic) bond motifs is 1. The molecule has 178 valence electrons. The van der Waals surface area contributed by atoms with Crippen molar-refractivity contribution in [3.63, 3.8) is 0 Å². The molecule has 0 bridgehead atoms. The van der Waals surface area contributed by atoms with Crippen molar-refractivity contribution < 1.29 is 4.79 Å². The third-order valence-corrected chi connectivity index (χ3v) is 5.27. The molecule has 0 unspecified atom stereocenters. The Kier molecular flexibility index (Phi) is 7.64. The smallest absolute Gasteiger partial charge is 0.260 e. The van der Waals surface area contributed by atoms with E-state index in [2.05, 4.69) is 37.6 Å². The Bertz CT molecular complexity index is 1370. The number of hydrogen-bond donors (Lipinski definition) is 4. The second-order valence-corrected chi connectivity index (χ2v) is 7.59. The highest BCUT2D eigenvalue weighted by Gasteiger charge is 2.18. The van der Waals surface area contributed by atoms with Crippen molar-refractivity contribution >= 4 is 39.9 Å². The van der Waals surface area contributed by atoms with E-state index < -0.39 is 5.91 Å². The number of carbonyl (C=O) groups is 1. The molecule has 0 aliphatic rings. The van der Waals surface area contributed by atoms with Gasteiger partial charge in [0, 0.05) is 19.3 Å². The number of hydrogen-bond acceptors (Lipinski definition) is 8. The molecule has 0 spiro atoms. The number of pyridine rings is 1. The van der Waals surface area contributed by atoms with Crippen molar-refractivity contribution in [1.29, 1.82) is 0 Å². The fourth-order valence-electron chi connectivity index (χ4n) is 3.43. The van der Waals surface area contributed by atoms with E-state index in [1.807, 2.05) is 25.1 Å². The van der Waals surface area contributed by atoms with Crippen LogP contribution >= 0.6 is 11.6 Å². The number of nitrogen functional groups attached to an aromatic ring is 1. The maximum Gasteiger partial charge on any atom is 0.260 e. The van der Waals surface area contributed by atoms with E-state index in [4.69, 9.17) is 23.1 Å². The number of nitrogens with two attached hydrogens (primary N) is 2. The number of aromatic nitrogens is 7. The summed E-state index contributed by atoms with van der Waals surface area (Å²) >= 11 is 6.15. The van der Waals surface area contributed by atoms with E-state index in [1.165, 1.54) is 4.68 Å². The number of anilines is 2. The van der Waals surface area contributed by atoms with Gasteiger partial charge < -0.3 is 21.4 Å². The number of carbonyl (C=O) groups excluding carboxylic acids is 1. The zero-order valence-corrected chi connectivity index (χ0v) is 19.5. The maximum atomic E-state index is 12.6. The molecular formula is C21H25ClN10O2. The number of halogens is 1. The SMILES string of the molecule is C=CCNc1c(C(N)=O)c(N)nn1C.CCc1cc2cccc(Cl)c2c(=O)n1Cc1nn[nH]n1. The molecule has 3 aromatic heterocycles. The van der Waals surface area contributed by atoms with Crippen LogP contribution in [0.3, 0.4) is 0 Å². The van der Waals surface area contributed by atoms with Gasteiger partial charge >= 0.3 is 0 Å². The molecular weight excluding hydrogens is 460 g/mol. The van der Waals surface area contributed by atoms with Gasteiger partial charge in [-0.25, -0.2) is 0 Å². The van der Waals surface area contributed by atoms with Gasteiger partial charge in [-0.3, -0.25) is 14.3 Å². The highest BCUT2D eigenvalue weighted by molar-refractivity contribution is 6.35. The van der Waals surface area contributed by atoms with E-state index in [0.29, 0.717) is 28.6 Å². The van der Waals surface area contributed by atoms with Crippen LogP contribution in [0.2, 0.25) is 5.02 Å². The second kappa shape index (κ2) is 10.6. The van der Waals surface area contributed by atoms with Gasteiger partial charge in [-0.05, 0) is 23.9 Å². The van der Waals surface area contributed by atoms with E-state index >= 15 is 0 Å². The van der Waals surface area contributed by atoms with Gasteiger partial charge in [-0.1, -0.05) is 41.9 Å². The molecule has 0 fully saturated rings. The van der Waals surface area contributed by atoms with Crippen molar-refractivity contribution in [2.75, 3.05) is 17.6 Å². The Labute approximate surface area is 199 Å². The van der Waals surface area contributed by atoms with Gasteiger partial charge in [-0.2, -0.15) is 10.3 Å². The number of nitrogens with zero attached hydrogens (tertiary/aromatic N) is 6. The summed E-state index contributed by atoms with van der Waals surface area (Å²) in [6.45, 7) is 6.34. The molecule has 4 aromatic rings. The Morgan fingerprint density at radius 3 is 2.76 bits per heavy atom. The first-order chi connectivity index (χ1) is 16.3. The average molecular weight is 485 g/mol. The van der Waals surface area contributed by atoms with Crippen LogP contribution in [-0.2, 0) is 20.0 Å². The van der Waals surface area contributed by atoms with Gasteiger partial charge in [0.1, 0.15) is 11.4 Å². The van der Waals surface area contributed by atoms with Gasteiger partial charge in [-0.15, -0.1) is 16.8 Å². The van der Waals surface area contributed by atoms with Crippen molar-refractivity contribution in [1.82, 2.24) is 35.0 Å². The number of amides is 1. The lowest BCUT2D eigenvalue weighted by Crippen LogP contribution is -2.25. The fraction of sp³-hybridized carbons (Fsp3) is 0.238. The molecule has 6 N–H and O–H groups in total. The van der Waals surface area contributed by atoms with Crippen molar-refractivity contribution in [2.24, 2.45) is 12.8 Å². The lowest BCUT2D eigenvalue weighted by Gasteiger charge is -2.12. The monoisotopic (exact) mass is 484 g/mol. The molecule has 0 saturated carbocycles. The van der Waals surface area contributed by atoms with Gasteiger partial charge in [0.2, 0.25) is 0 Å².